The first-order valence-electron chi connectivity index (χ1n) is 7.31. The van der Waals surface area contributed by atoms with Gasteiger partial charge in [-0.05, 0) is 56.9 Å². The van der Waals surface area contributed by atoms with Crippen molar-refractivity contribution in [1.82, 2.24) is 10.2 Å². The maximum atomic E-state index is 12.0. The molecule has 0 unspecified atom stereocenters. The zero-order valence-electron chi connectivity index (χ0n) is 10.7. The van der Waals surface area contributed by atoms with Gasteiger partial charge < -0.3 is 10.2 Å². The molecule has 3 heteroatoms. The van der Waals surface area contributed by atoms with Crippen molar-refractivity contribution in [2.75, 3.05) is 26.2 Å². The smallest absolute Gasteiger partial charge is 0.224 e. The number of nitrogens with one attached hydrogen (secondary N) is 1. The van der Waals surface area contributed by atoms with Gasteiger partial charge in [0.1, 0.15) is 0 Å². The van der Waals surface area contributed by atoms with Gasteiger partial charge in [0.2, 0.25) is 5.91 Å². The fraction of sp³-hybridized carbons (Fsp3) is 0.929. The van der Waals surface area contributed by atoms with Gasteiger partial charge in [-0.15, -0.1) is 0 Å². The van der Waals surface area contributed by atoms with Crippen molar-refractivity contribution in [1.29, 1.82) is 0 Å². The second-order valence-electron chi connectivity index (χ2n) is 6.23. The number of likely N-dealkylation sites (tertiary alicyclic amines) is 1. The zero-order valence-corrected chi connectivity index (χ0v) is 10.7. The molecule has 0 aromatic heterocycles. The molecule has 3 nitrogen and oxygen atoms in total. The molecule has 96 valence electrons. The molecular weight excluding hydrogens is 212 g/mol. The molecule has 17 heavy (non-hydrogen) atoms. The minimum absolute atomic E-state index is 0.265. The largest absolute Gasteiger partial charge is 0.356 e. The summed E-state index contributed by atoms with van der Waals surface area (Å²) in [4.78, 5) is 14.6. The van der Waals surface area contributed by atoms with E-state index in [1.165, 1.54) is 45.2 Å². The summed E-state index contributed by atoms with van der Waals surface area (Å²) in [5, 5.41) is 3.14. The molecule has 1 N–H and O–H groups in total. The normalized spacial score (nSPS) is 30.2. The first-order valence-corrected chi connectivity index (χ1v) is 7.31. The Hall–Kier alpha value is -0.570. The highest BCUT2D eigenvalue weighted by molar-refractivity contribution is 5.79. The van der Waals surface area contributed by atoms with Crippen LogP contribution < -0.4 is 5.32 Å². The van der Waals surface area contributed by atoms with E-state index >= 15 is 0 Å². The summed E-state index contributed by atoms with van der Waals surface area (Å²) in [6.07, 6.45) is 7.76. The third kappa shape index (κ3) is 3.44. The molecule has 1 heterocycles. The molecule has 2 aliphatic carbocycles. The van der Waals surface area contributed by atoms with Crippen molar-refractivity contribution < 1.29 is 4.79 Å². The minimum Gasteiger partial charge on any atom is -0.356 e. The van der Waals surface area contributed by atoms with Crippen molar-refractivity contribution in [3.05, 3.63) is 0 Å². The second kappa shape index (κ2) is 4.97. The van der Waals surface area contributed by atoms with Crippen molar-refractivity contribution >= 4 is 5.91 Å². The van der Waals surface area contributed by atoms with E-state index in [9.17, 15) is 4.79 Å². The summed E-state index contributed by atoms with van der Waals surface area (Å²) in [7, 11) is 0. The highest BCUT2D eigenvalue weighted by Gasteiger charge is 2.31. The predicted octanol–water partition coefficient (Wildman–Crippen LogP) is 1.63. The van der Waals surface area contributed by atoms with Gasteiger partial charge in [-0.2, -0.15) is 0 Å². The number of nitrogens with zero attached hydrogens (tertiary/aromatic N) is 1. The number of hydrogen-bond acceptors (Lipinski definition) is 2. The summed E-state index contributed by atoms with van der Waals surface area (Å²) in [6.45, 7) is 4.39. The Morgan fingerprint density at radius 1 is 1.12 bits per heavy atom. The Labute approximate surface area is 104 Å². The van der Waals surface area contributed by atoms with Crippen LogP contribution in [0.3, 0.4) is 0 Å². The third-order valence-corrected chi connectivity index (χ3v) is 4.35. The first kappa shape index (κ1) is 11.5. The average Bonchev–Trinajstić information content (AvgIpc) is 3.20. The Morgan fingerprint density at radius 3 is 2.59 bits per heavy atom. The van der Waals surface area contributed by atoms with Crippen LogP contribution in [-0.4, -0.2) is 37.0 Å². The highest BCUT2D eigenvalue weighted by Crippen LogP contribution is 2.31. The molecule has 0 bridgehead atoms. The predicted molar refractivity (Wildman–Crippen MR) is 67.6 cm³/mol. The monoisotopic (exact) mass is 236 g/mol. The van der Waals surface area contributed by atoms with E-state index in [0.29, 0.717) is 5.91 Å². The number of piperidine rings is 1. The minimum atomic E-state index is 0.265. The Kier molecular flexibility index (Phi) is 3.37. The van der Waals surface area contributed by atoms with Crippen molar-refractivity contribution in [3.63, 3.8) is 0 Å². The van der Waals surface area contributed by atoms with E-state index in [2.05, 4.69) is 10.2 Å². The van der Waals surface area contributed by atoms with Crippen LogP contribution in [0.15, 0.2) is 0 Å². The fourth-order valence-electron chi connectivity index (χ4n) is 2.81. The van der Waals surface area contributed by atoms with E-state index in [1.807, 2.05) is 0 Å². The molecule has 0 spiro atoms. The maximum Gasteiger partial charge on any atom is 0.224 e. The summed E-state index contributed by atoms with van der Waals surface area (Å²) < 4.78 is 0. The molecule has 1 amide bonds. The van der Waals surface area contributed by atoms with Crippen LogP contribution in [0.1, 0.15) is 38.5 Å². The van der Waals surface area contributed by atoms with Gasteiger partial charge >= 0.3 is 0 Å². The number of carbonyl (C=O) groups is 1. The molecule has 0 aromatic carbocycles. The molecule has 1 atom stereocenters. The van der Waals surface area contributed by atoms with Crippen LogP contribution in [0.4, 0.5) is 0 Å². The summed E-state index contributed by atoms with van der Waals surface area (Å²) in [5.41, 5.74) is 0. The lowest BCUT2D eigenvalue weighted by atomic mass is 9.97. The van der Waals surface area contributed by atoms with Gasteiger partial charge in [-0.25, -0.2) is 0 Å². The molecule has 3 rings (SSSR count). The van der Waals surface area contributed by atoms with E-state index in [-0.39, 0.29) is 5.92 Å². The van der Waals surface area contributed by atoms with Gasteiger partial charge in [0.05, 0.1) is 5.92 Å². The second-order valence-corrected chi connectivity index (χ2v) is 6.23. The molecule has 0 aromatic rings. The molecule has 0 radical (unpaired) electrons. The van der Waals surface area contributed by atoms with E-state index in [0.717, 1.165) is 31.3 Å². The van der Waals surface area contributed by atoms with Gasteiger partial charge in [0.15, 0.2) is 0 Å². The summed E-state index contributed by atoms with van der Waals surface area (Å²) in [6, 6.07) is 0. The number of carbonyl (C=O) groups excluding carboxylic acids is 1. The topological polar surface area (TPSA) is 32.3 Å². The van der Waals surface area contributed by atoms with Crippen molar-refractivity contribution in [2.45, 2.75) is 38.5 Å². The summed E-state index contributed by atoms with van der Waals surface area (Å²) >= 11 is 0. The van der Waals surface area contributed by atoms with Crippen LogP contribution >= 0.6 is 0 Å². The third-order valence-electron chi connectivity index (χ3n) is 4.35. The number of amides is 1. The SMILES string of the molecule is O=C(NCC1CC1)[C@@H]1CCCN(CC2CC2)C1. The lowest BCUT2D eigenvalue weighted by molar-refractivity contribution is -0.126. The molecule has 2 saturated carbocycles. The van der Waals surface area contributed by atoms with E-state index in [4.69, 9.17) is 0 Å². The average molecular weight is 236 g/mol. The molecular formula is C14H24N2O. The maximum absolute atomic E-state index is 12.0. The van der Waals surface area contributed by atoms with Crippen LogP contribution in [0, 0.1) is 17.8 Å². The van der Waals surface area contributed by atoms with Crippen LogP contribution in [0.5, 0.6) is 0 Å². The van der Waals surface area contributed by atoms with Crippen LogP contribution in [-0.2, 0) is 4.79 Å². The molecule has 3 aliphatic rings. The lowest BCUT2D eigenvalue weighted by Gasteiger charge is -2.32. The molecule has 3 fully saturated rings. The molecule has 1 saturated heterocycles. The van der Waals surface area contributed by atoms with Gasteiger partial charge in [0, 0.05) is 19.6 Å². The van der Waals surface area contributed by atoms with Crippen LogP contribution in [0.25, 0.3) is 0 Å². The Bertz CT molecular complexity index is 284. The zero-order chi connectivity index (χ0) is 11.7. The Balaban J connectivity index is 1.42. The van der Waals surface area contributed by atoms with Gasteiger partial charge in [-0.1, -0.05) is 0 Å². The van der Waals surface area contributed by atoms with Crippen molar-refractivity contribution in [2.24, 2.45) is 17.8 Å². The molecule has 1 aliphatic heterocycles. The first-order chi connectivity index (χ1) is 8.31. The standard InChI is InChI=1S/C14H24N2O/c17-14(15-8-11-3-4-11)13-2-1-7-16(10-13)9-12-5-6-12/h11-13H,1-10H2,(H,15,17)/t13-/m1/s1. The van der Waals surface area contributed by atoms with Crippen molar-refractivity contribution in [3.8, 4) is 0 Å². The fourth-order valence-corrected chi connectivity index (χ4v) is 2.81. The Morgan fingerprint density at radius 2 is 1.88 bits per heavy atom. The summed E-state index contributed by atoms with van der Waals surface area (Å²) in [5.74, 6) is 2.33. The van der Waals surface area contributed by atoms with Crippen LogP contribution in [0.2, 0.25) is 0 Å². The van der Waals surface area contributed by atoms with E-state index in [1.54, 1.807) is 0 Å². The highest BCUT2D eigenvalue weighted by atomic mass is 16.1. The van der Waals surface area contributed by atoms with Gasteiger partial charge in [0.25, 0.3) is 0 Å². The lowest BCUT2D eigenvalue weighted by Crippen LogP contribution is -2.44. The number of hydrogen-bond donors (Lipinski definition) is 1. The van der Waals surface area contributed by atoms with E-state index < -0.39 is 0 Å². The number of rotatable bonds is 5. The van der Waals surface area contributed by atoms with Gasteiger partial charge in [-0.3, -0.25) is 4.79 Å². The quantitative estimate of drug-likeness (QED) is 0.787.